The Balaban J connectivity index is 2.20. The van der Waals surface area contributed by atoms with Crippen molar-refractivity contribution >= 4 is 0 Å². The summed E-state index contributed by atoms with van der Waals surface area (Å²) in [4.78, 5) is 6.68. The molecule has 17 heavy (non-hydrogen) atoms. The monoisotopic (exact) mass is 237 g/mol. The summed E-state index contributed by atoms with van der Waals surface area (Å²) in [5, 5.41) is 10.6. The number of aliphatic hydroxyl groups excluding tert-OH is 1. The van der Waals surface area contributed by atoms with Crippen LogP contribution in [0, 0.1) is 0 Å². The van der Waals surface area contributed by atoms with Crippen LogP contribution < -0.4 is 0 Å². The third-order valence-electron chi connectivity index (χ3n) is 3.92. The smallest absolute Gasteiger partial charge is 0.139 e. The number of likely N-dealkylation sites (tertiary alicyclic amines) is 1. The van der Waals surface area contributed by atoms with Gasteiger partial charge in [-0.3, -0.25) is 4.90 Å². The first-order valence-electron chi connectivity index (χ1n) is 6.51. The van der Waals surface area contributed by atoms with Crippen LogP contribution in [0.3, 0.4) is 0 Å². The van der Waals surface area contributed by atoms with Gasteiger partial charge in [0.2, 0.25) is 0 Å². The van der Waals surface area contributed by atoms with E-state index in [2.05, 4.69) is 30.7 Å². The molecule has 1 unspecified atom stereocenters. The minimum absolute atomic E-state index is 0.241. The molecular formula is C13H23N3O. The van der Waals surface area contributed by atoms with Crippen LogP contribution in [0.5, 0.6) is 0 Å². The molecule has 0 radical (unpaired) electrons. The molecule has 2 rings (SSSR count). The van der Waals surface area contributed by atoms with Gasteiger partial charge in [-0.2, -0.15) is 0 Å². The van der Waals surface area contributed by atoms with Crippen molar-refractivity contribution in [3.8, 4) is 0 Å². The summed E-state index contributed by atoms with van der Waals surface area (Å²) in [6.07, 6.45) is 5.63. The van der Waals surface area contributed by atoms with E-state index in [0.717, 1.165) is 25.5 Å². The van der Waals surface area contributed by atoms with Crippen LogP contribution in [0.25, 0.3) is 0 Å². The summed E-state index contributed by atoms with van der Waals surface area (Å²) in [5.41, 5.74) is -0.241. The summed E-state index contributed by atoms with van der Waals surface area (Å²) < 4.78 is 2.02. The summed E-state index contributed by atoms with van der Waals surface area (Å²) in [7, 11) is 0. The van der Waals surface area contributed by atoms with Gasteiger partial charge in [-0.05, 0) is 46.7 Å². The van der Waals surface area contributed by atoms with Crippen LogP contribution in [-0.2, 0) is 6.54 Å². The molecule has 4 nitrogen and oxygen atoms in total. The zero-order valence-corrected chi connectivity index (χ0v) is 11.1. The van der Waals surface area contributed by atoms with E-state index in [9.17, 15) is 5.11 Å². The Hall–Kier alpha value is -0.870. The average molecular weight is 237 g/mol. The fourth-order valence-corrected chi connectivity index (χ4v) is 2.62. The molecule has 4 heteroatoms. The number of aliphatic hydroxyl groups is 1. The summed E-state index contributed by atoms with van der Waals surface area (Å²) in [6, 6.07) is 0. The molecule has 1 aliphatic heterocycles. The Morgan fingerprint density at radius 3 is 2.65 bits per heavy atom. The molecule has 1 aliphatic rings. The van der Waals surface area contributed by atoms with Gasteiger partial charge in [0, 0.05) is 24.5 Å². The van der Waals surface area contributed by atoms with Crippen molar-refractivity contribution in [1.82, 2.24) is 14.5 Å². The number of aromatic nitrogens is 2. The molecule has 0 bridgehead atoms. The Morgan fingerprint density at radius 2 is 2.06 bits per heavy atom. The van der Waals surface area contributed by atoms with Gasteiger partial charge in [0.15, 0.2) is 0 Å². The van der Waals surface area contributed by atoms with Gasteiger partial charge in [-0.15, -0.1) is 0 Å². The largest absolute Gasteiger partial charge is 0.383 e. The van der Waals surface area contributed by atoms with Crippen molar-refractivity contribution in [2.24, 2.45) is 0 Å². The second-order valence-electron chi connectivity index (χ2n) is 5.32. The highest BCUT2D eigenvalue weighted by molar-refractivity contribution is 5.05. The van der Waals surface area contributed by atoms with Gasteiger partial charge in [-0.25, -0.2) is 4.98 Å². The lowest BCUT2D eigenvalue weighted by atomic mass is 9.94. The second kappa shape index (κ2) is 4.78. The molecule has 1 aromatic heterocycles. The zero-order valence-electron chi connectivity index (χ0n) is 11.1. The van der Waals surface area contributed by atoms with E-state index >= 15 is 0 Å². The molecule has 1 saturated heterocycles. The Labute approximate surface area is 103 Å². The number of rotatable bonds is 4. The van der Waals surface area contributed by atoms with E-state index < -0.39 is 6.10 Å². The van der Waals surface area contributed by atoms with Crippen molar-refractivity contribution in [3.05, 3.63) is 18.2 Å². The van der Waals surface area contributed by atoms with E-state index in [1.807, 2.05) is 10.8 Å². The first kappa shape index (κ1) is 12.6. The second-order valence-corrected chi connectivity index (χ2v) is 5.32. The molecule has 0 spiro atoms. The number of nitrogens with zero attached hydrogens (tertiary/aromatic N) is 3. The normalized spacial score (nSPS) is 19.8. The van der Waals surface area contributed by atoms with Gasteiger partial charge in [0.1, 0.15) is 11.9 Å². The summed E-state index contributed by atoms with van der Waals surface area (Å²) in [6.45, 7) is 9.30. The molecule has 96 valence electrons. The van der Waals surface area contributed by atoms with E-state index in [4.69, 9.17) is 0 Å². The lowest BCUT2D eigenvalue weighted by Gasteiger charge is -2.39. The van der Waals surface area contributed by atoms with Crippen molar-refractivity contribution in [2.75, 3.05) is 13.1 Å². The molecule has 0 aliphatic carbocycles. The lowest BCUT2D eigenvalue weighted by Crippen LogP contribution is -2.47. The predicted molar refractivity (Wildman–Crippen MR) is 67.7 cm³/mol. The number of imidazole rings is 1. The van der Waals surface area contributed by atoms with Gasteiger partial charge >= 0.3 is 0 Å². The summed E-state index contributed by atoms with van der Waals surface area (Å²) >= 11 is 0. The number of hydrogen-bond acceptors (Lipinski definition) is 3. The molecule has 1 fully saturated rings. The molecule has 1 atom stereocenters. The zero-order chi connectivity index (χ0) is 12.5. The number of hydrogen-bond donors (Lipinski definition) is 1. The van der Waals surface area contributed by atoms with Crippen molar-refractivity contribution < 1.29 is 5.11 Å². The van der Waals surface area contributed by atoms with Crippen molar-refractivity contribution in [3.63, 3.8) is 0 Å². The molecule has 0 aromatic carbocycles. The van der Waals surface area contributed by atoms with Gasteiger partial charge in [0.05, 0.1) is 0 Å². The molecule has 0 amide bonds. The fraction of sp³-hybridized carbons (Fsp3) is 0.769. The molecular weight excluding hydrogens is 214 g/mol. The molecule has 0 saturated carbocycles. The Morgan fingerprint density at radius 1 is 1.41 bits per heavy atom. The highest BCUT2D eigenvalue weighted by Crippen LogP contribution is 2.32. The highest BCUT2D eigenvalue weighted by atomic mass is 16.3. The highest BCUT2D eigenvalue weighted by Gasteiger charge is 2.38. The number of aryl methyl sites for hydroxylation is 1. The summed E-state index contributed by atoms with van der Waals surface area (Å²) in [5.74, 6) is 0.782. The first-order valence-corrected chi connectivity index (χ1v) is 6.51. The van der Waals surface area contributed by atoms with Crippen LogP contribution in [0.2, 0.25) is 0 Å². The molecule has 1 N–H and O–H groups in total. The van der Waals surface area contributed by atoms with Crippen LogP contribution >= 0.6 is 0 Å². The maximum atomic E-state index is 10.6. The van der Waals surface area contributed by atoms with Crippen LogP contribution in [0.1, 0.15) is 45.5 Å². The van der Waals surface area contributed by atoms with Gasteiger partial charge in [-0.1, -0.05) is 0 Å². The van der Waals surface area contributed by atoms with Crippen molar-refractivity contribution in [1.29, 1.82) is 0 Å². The average Bonchev–Trinajstić information content (AvgIpc) is 2.98. The van der Waals surface area contributed by atoms with Crippen molar-refractivity contribution in [2.45, 2.75) is 51.8 Å². The lowest BCUT2D eigenvalue weighted by molar-refractivity contribution is -0.00576. The molecule has 1 aromatic rings. The maximum absolute atomic E-state index is 10.6. The van der Waals surface area contributed by atoms with Crippen LogP contribution in [-0.4, -0.2) is 38.2 Å². The van der Waals surface area contributed by atoms with E-state index in [0.29, 0.717) is 0 Å². The SMILES string of the molecule is CCn1ccnc1C(O)C(C)(C)N1CCCC1. The third-order valence-corrected chi connectivity index (χ3v) is 3.92. The van der Waals surface area contributed by atoms with Crippen LogP contribution in [0.15, 0.2) is 12.4 Å². The maximum Gasteiger partial charge on any atom is 0.139 e. The van der Waals surface area contributed by atoms with Gasteiger partial charge < -0.3 is 9.67 Å². The molecule has 2 heterocycles. The van der Waals surface area contributed by atoms with Crippen LogP contribution in [0.4, 0.5) is 0 Å². The Kier molecular flexibility index (Phi) is 3.54. The Bertz CT molecular complexity index is 366. The van der Waals surface area contributed by atoms with Gasteiger partial charge in [0.25, 0.3) is 0 Å². The predicted octanol–water partition coefficient (Wildman–Crippen LogP) is 1.81. The third kappa shape index (κ3) is 2.24. The first-order chi connectivity index (χ1) is 8.07. The standard InChI is InChI=1S/C13H23N3O/c1-4-15-10-7-14-12(15)11(17)13(2,3)16-8-5-6-9-16/h7,10-11,17H,4-6,8-9H2,1-3H3. The minimum atomic E-state index is -0.532. The fourth-order valence-electron chi connectivity index (χ4n) is 2.62. The quantitative estimate of drug-likeness (QED) is 0.868. The van der Waals surface area contributed by atoms with E-state index in [1.54, 1.807) is 6.20 Å². The topological polar surface area (TPSA) is 41.3 Å². The minimum Gasteiger partial charge on any atom is -0.383 e. The van der Waals surface area contributed by atoms with E-state index in [1.165, 1.54) is 12.8 Å². The van der Waals surface area contributed by atoms with E-state index in [-0.39, 0.29) is 5.54 Å².